The Morgan fingerprint density at radius 1 is 1.39 bits per heavy atom. The number of benzene rings is 1. The van der Waals surface area contributed by atoms with E-state index in [1.165, 1.54) is 4.57 Å². The molecule has 0 amide bonds. The molecule has 1 aromatic carbocycles. The van der Waals surface area contributed by atoms with Crippen LogP contribution in [0.4, 0.5) is 0 Å². The van der Waals surface area contributed by atoms with Gasteiger partial charge in [0.1, 0.15) is 5.69 Å². The third kappa shape index (κ3) is 2.24. The van der Waals surface area contributed by atoms with E-state index in [1.807, 2.05) is 30.3 Å². The minimum absolute atomic E-state index is 0.261. The van der Waals surface area contributed by atoms with Gasteiger partial charge in [-0.05, 0) is 18.5 Å². The normalized spacial score (nSPS) is 10.4. The van der Waals surface area contributed by atoms with Crippen LogP contribution in [-0.2, 0) is 11.8 Å². The Hall–Kier alpha value is -1.81. The van der Waals surface area contributed by atoms with Gasteiger partial charge in [-0.25, -0.2) is 9.78 Å². The second-order valence-corrected chi connectivity index (χ2v) is 4.06. The second-order valence-electron chi connectivity index (χ2n) is 3.72. The van der Waals surface area contributed by atoms with E-state index >= 15 is 0 Å². The average molecular weight is 265 g/mol. The van der Waals surface area contributed by atoms with Crippen LogP contribution in [0.3, 0.4) is 0 Å². The van der Waals surface area contributed by atoms with E-state index in [9.17, 15) is 4.79 Å². The highest BCUT2D eigenvalue weighted by Gasteiger charge is 2.22. The summed E-state index contributed by atoms with van der Waals surface area (Å²) in [4.78, 5) is 16.1. The topological polar surface area (TPSA) is 44.1 Å². The van der Waals surface area contributed by atoms with Crippen LogP contribution in [0, 0.1) is 0 Å². The van der Waals surface area contributed by atoms with Crippen molar-refractivity contribution in [3.8, 4) is 11.3 Å². The fourth-order valence-electron chi connectivity index (χ4n) is 1.70. The van der Waals surface area contributed by atoms with Gasteiger partial charge >= 0.3 is 5.97 Å². The maximum Gasteiger partial charge on any atom is 0.357 e. The monoisotopic (exact) mass is 264 g/mol. The minimum Gasteiger partial charge on any atom is -0.461 e. The Bertz CT molecular complexity index is 564. The number of rotatable bonds is 3. The lowest BCUT2D eigenvalue weighted by Crippen LogP contribution is -2.11. The van der Waals surface area contributed by atoms with Crippen LogP contribution in [0.5, 0.6) is 0 Å². The van der Waals surface area contributed by atoms with Crippen LogP contribution in [0.25, 0.3) is 11.3 Å². The van der Waals surface area contributed by atoms with E-state index in [4.69, 9.17) is 16.3 Å². The van der Waals surface area contributed by atoms with Gasteiger partial charge in [-0.1, -0.05) is 30.3 Å². The molecule has 0 aliphatic heterocycles. The van der Waals surface area contributed by atoms with Crippen LogP contribution < -0.4 is 0 Å². The van der Waals surface area contributed by atoms with E-state index in [-0.39, 0.29) is 5.28 Å². The number of esters is 1. The molecule has 0 radical (unpaired) electrons. The maximum absolute atomic E-state index is 11.9. The first-order valence-corrected chi connectivity index (χ1v) is 5.97. The molecule has 0 saturated carbocycles. The molecule has 0 fully saturated rings. The molecule has 0 N–H and O–H groups in total. The number of carbonyl (C=O) groups is 1. The molecule has 2 aromatic rings. The largest absolute Gasteiger partial charge is 0.461 e. The van der Waals surface area contributed by atoms with Gasteiger partial charge in [-0.15, -0.1) is 0 Å². The molecule has 94 valence electrons. The van der Waals surface area contributed by atoms with Crippen molar-refractivity contribution in [1.82, 2.24) is 9.55 Å². The molecular formula is C13H13ClN2O2. The Kier molecular flexibility index (Phi) is 3.67. The first-order valence-electron chi connectivity index (χ1n) is 5.60. The zero-order valence-electron chi connectivity index (χ0n) is 10.2. The number of hydrogen-bond donors (Lipinski definition) is 0. The van der Waals surface area contributed by atoms with Gasteiger partial charge in [-0.2, -0.15) is 0 Å². The number of hydrogen-bond acceptors (Lipinski definition) is 3. The van der Waals surface area contributed by atoms with E-state index in [0.29, 0.717) is 18.0 Å². The molecule has 1 heterocycles. The second kappa shape index (κ2) is 5.23. The highest BCUT2D eigenvalue weighted by molar-refractivity contribution is 6.29. The highest BCUT2D eigenvalue weighted by atomic mass is 35.5. The first-order chi connectivity index (χ1) is 8.65. The Morgan fingerprint density at radius 2 is 2.06 bits per heavy atom. The molecule has 0 spiro atoms. The summed E-state index contributed by atoms with van der Waals surface area (Å²) < 4.78 is 6.56. The van der Waals surface area contributed by atoms with Crippen LogP contribution in [0.2, 0.25) is 5.28 Å². The summed E-state index contributed by atoms with van der Waals surface area (Å²) in [5.74, 6) is -0.418. The molecule has 0 aliphatic carbocycles. The number of ether oxygens (including phenoxy) is 1. The van der Waals surface area contributed by atoms with Gasteiger partial charge in [0.25, 0.3) is 0 Å². The van der Waals surface area contributed by atoms with Crippen LogP contribution >= 0.6 is 11.6 Å². The Morgan fingerprint density at radius 3 is 2.67 bits per heavy atom. The van der Waals surface area contributed by atoms with E-state index in [0.717, 1.165) is 5.56 Å². The van der Waals surface area contributed by atoms with Crippen molar-refractivity contribution in [2.24, 2.45) is 7.05 Å². The molecule has 0 bridgehead atoms. The van der Waals surface area contributed by atoms with Gasteiger partial charge < -0.3 is 9.30 Å². The van der Waals surface area contributed by atoms with Gasteiger partial charge in [0, 0.05) is 12.6 Å². The number of carbonyl (C=O) groups excluding carboxylic acids is 1. The van der Waals surface area contributed by atoms with Crippen molar-refractivity contribution in [2.45, 2.75) is 6.92 Å². The van der Waals surface area contributed by atoms with Crippen LogP contribution in [-0.4, -0.2) is 22.1 Å². The Balaban J connectivity index is 2.55. The molecule has 0 saturated heterocycles. The van der Waals surface area contributed by atoms with Crippen molar-refractivity contribution in [2.75, 3.05) is 6.61 Å². The van der Waals surface area contributed by atoms with Crippen molar-refractivity contribution in [1.29, 1.82) is 0 Å². The van der Waals surface area contributed by atoms with Gasteiger partial charge in [-0.3, -0.25) is 0 Å². The lowest BCUT2D eigenvalue weighted by molar-refractivity contribution is 0.0516. The third-order valence-corrected chi connectivity index (χ3v) is 2.89. The van der Waals surface area contributed by atoms with E-state index in [1.54, 1.807) is 14.0 Å². The standard InChI is InChI=1S/C13H13ClN2O2/c1-3-18-12(17)11-10(15-13(14)16(11)2)9-7-5-4-6-8-9/h4-8H,3H2,1-2H3. The Labute approximate surface area is 110 Å². The molecule has 0 atom stereocenters. The number of imidazole rings is 1. The number of halogens is 1. The van der Waals surface area contributed by atoms with Gasteiger partial charge in [0.2, 0.25) is 5.28 Å². The molecule has 5 heteroatoms. The quantitative estimate of drug-likeness (QED) is 0.801. The van der Waals surface area contributed by atoms with E-state index in [2.05, 4.69) is 4.98 Å². The summed E-state index contributed by atoms with van der Waals surface area (Å²) in [6.07, 6.45) is 0. The van der Waals surface area contributed by atoms with Gasteiger partial charge in [0.15, 0.2) is 5.69 Å². The lowest BCUT2D eigenvalue weighted by atomic mass is 10.1. The predicted molar refractivity (Wildman–Crippen MR) is 69.6 cm³/mol. The molecule has 2 rings (SSSR count). The van der Waals surface area contributed by atoms with Crippen LogP contribution in [0.15, 0.2) is 30.3 Å². The summed E-state index contributed by atoms with van der Waals surface area (Å²) in [6, 6.07) is 9.42. The summed E-state index contributed by atoms with van der Waals surface area (Å²) in [7, 11) is 1.69. The zero-order chi connectivity index (χ0) is 13.1. The van der Waals surface area contributed by atoms with Crippen LogP contribution in [0.1, 0.15) is 17.4 Å². The average Bonchev–Trinajstić information content (AvgIpc) is 2.67. The fraction of sp³-hybridized carbons (Fsp3) is 0.231. The predicted octanol–water partition coefficient (Wildman–Crippen LogP) is 2.92. The minimum atomic E-state index is -0.418. The van der Waals surface area contributed by atoms with Crippen molar-refractivity contribution in [3.63, 3.8) is 0 Å². The smallest absolute Gasteiger partial charge is 0.357 e. The van der Waals surface area contributed by atoms with Crippen molar-refractivity contribution in [3.05, 3.63) is 41.3 Å². The summed E-state index contributed by atoms with van der Waals surface area (Å²) >= 11 is 5.97. The summed E-state index contributed by atoms with van der Waals surface area (Å²) in [6.45, 7) is 2.08. The molecular weight excluding hydrogens is 252 g/mol. The first kappa shape index (κ1) is 12.6. The number of nitrogens with zero attached hydrogens (tertiary/aromatic N) is 2. The highest BCUT2D eigenvalue weighted by Crippen LogP contribution is 2.26. The third-order valence-electron chi connectivity index (χ3n) is 2.56. The lowest BCUT2D eigenvalue weighted by Gasteiger charge is -2.05. The molecule has 4 nitrogen and oxygen atoms in total. The maximum atomic E-state index is 11.9. The zero-order valence-corrected chi connectivity index (χ0v) is 10.9. The molecule has 0 aliphatic rings. The molecule has 1 aromatic heterocycles. The van der Waals surface area contributed by atoms with Crippen molar-refractivity contribution < 1.29 is 9.53 Å². The molecule has 18 heavy (non-hydrogen) atoms. The molecule has 0 unspecified atom stereocenters. The van der Waals surface area contributed by atoms with E-state index < -0.39 is 5.97 Å². The fourth-order valence-corrected chi connectivity index (χ4v) is 1.87. The summed E-state index contributed by atoms with van der Waals surface area (Å²) in [5, 5.41) is 0.261. The number of aromatic nitrogens is 2. The summed E-state index contributed by atoms with van der Waals surface area (Å²) in [5.41, 5.74) is 1.75. The van der Waals surface area contributed by atoms with Gasteiger partial charge in [0.05, 0.1) is 6.61 Å². The SMILES string of the molecule is CCOC(=O)c1c(-c2ccccc2)nc(Cl)n1C. The van der Waals surface area contributed by atoms with Crippen molar-refractivity contribution >= 4 is 17.6 Å².